The number of halogens is 6. The monoisotopic (exact) mass is 333 g/mol. The molecule has 0 heterocycles. The van der Waals surface area contributed by atoms with Crippen LogP contribution in [0.2, 0.25) is 0 Å². The standard InChI is InChI=1S/C6H5F6NO4S2/c7-5(8,9)18(14,15)4(2-1-3-13)19(16,17)6(10,11)12/h4H,1-2H2. The van der Waals surface area contributed by atoms with Crippen LogP contribution in [0.15, 0.2) is 0 Å². The fourth-order valence-corrected chi connectivity index (χ4v) is 4.40. The third kappa shape index (κ3) is 3.50. The van der Waals surface area contributed by atoms with Gasteiger partial charge in [-0.15, -0.1) is 0 Å². The summed E-state index contributed by atoms with van der Waals surface area (Å²) in [7, 11) is -13.2. The average molecular weight is 333 g/mol. The number of rotatable bonds is 4. The van der Waals surface area contributed by atoms with Crippen LogP contribution in [-0.4, -0.2) is 32.4 Å². The van der Waals surface area contributed by atoms with Gasteiger partial charge in [0, 0.05) is 6.42 Å². The van der Waals surface area contributed by atoms with Gasteiger partial charge in [-0.2, -0.15) is 31.6 Å². The van der Waals surface area contributed by atoms with Crippen molar-refractivity contribution in [1.29, 1.82) is 5.26 Å². The lowest BCUT2D eigenvalue weighted by Gasteiger charge is -2.19. The predicted molar refractivity (Wildman–Crippen MR) is 48.6 cm³/mol. The molecule has 0 radical (unpaired) electrons. The molecule has 13 heteroatoms. The van der Waals surface area contributed by atoms with E-state index in [1.54, 1.807) is 0 Å². The van der Waals surface area contributed by atoms with Gasteiger partial charge in [-0.05, 0) is 6.42 Å². The molecule has 19 heavy (non-hydrogen) atoms. The van der Waals surface area contributed by atoms with Crippen LogP contribution in [-0.2, 0) is 19.7 Å². The molecular weight excluding hydrogens is 328 g/mol. The third-order valence-corrected chi connectivity index (χ3v) is 6.50. The number of hydrogen-bond donors (Lipinski definition) is 0. The minimum absolute atomic E-state index is 1.08. The second kappa shape index (κ2) is 5.16. The summed E-state index contributed by atoms with van der Waals surface area (Å²) >= 11 is 0. The molecule has 0 aliphatic carbocycles. The summed E-state index contributed by atoms with van der Waals surface area (Å²) in [5.74, 6) is 0. The van der Waals surface area contributed by atoms with Gasteiger partial charge in [0.2, 0.25) is 0 Å². The van der Waals surface area contributed by atoms with E-state index in [-0.39, 0.29) is 0 Å². The molecule has 0 bridgehead atoms. The summed E-state index contributed by atoms with van der Waals surface area (Å²) in [5.41, 5.74) is -12.4. The van der Waals surface area contributed by atoms with Gasteiger partial charge in [0.15, 0.2) is 4.58 Å². The summed E-state index contributed by atoms with van der Waals surface area (Å²) in [6.45, 7) is 0. The molecule has 0 saturated heterocycles. The maximum absolute atomic E-state index is 12.1. The van der Waals surface area contributed by atoms with Crippen molar-refractivity contribution in [3.05, 3.63) is 0 Å². The first-order chi connectivity index (χ1) is 8.19. The van der Waals surface area contributed by atoms with Crippen LogP contribution < -0.4 is 0 Å². The molecular formula is C6H5F6NO4S2. The Morgan fingerprint density at radius 3 is 1.42 bits per heavy atom. The summed E-state index contributed by atoms with van der Waals surface area (Å²) < 4.78 is 112. The largest absolute Gasteiger partial charge is 0.498 e. The topological polar surface area (TPSA) is 92.1 Å². The van der Waals surface area contributed by atoms with Gasteiger partial charge in [0.05, 0.1) is 6.07 Å². The van der Waals surface area contributed by atoms with Gasteiger partial charge < -0.3 is 0 Å². The molecule has 0 spiro atoms. The number of nitrogens with zero attached hydrogens (tertiary/aromatic N) is 1. The smallest absolute Gasteiger partial charge is 0.218 e. The Morgan fingerprint density at radius 2 is 1.21 bits per heavy atom. The second-order valence-corrected chi connectivity index (χ2v) is 7.65. The van der Waals surface area contributed by atoms with Crippen molar-refractivity contribution in [1.82, 2.24) is 0 Å². The number of alkyl halides is 6. The Labute approximate surface area is 103 Å². The van der Waals surface area contributed by atoms with Crippen molar-refractivity contribution in [2.45, 2.75) is 28.4 Å². The Morgan fingerprint density at radius 1 is 0.895 bits per heavy atom. The molecule has 0 N–H and O–H groups in total. The zero-order valence-electron chi connectivity index (χ0n) is 8.66. The van der Waals surface area contributed by atoms with Crippen LogP contribution >= 0.6 is 0 Å². The summed E-state index contributed by atoms with van der Waals surface area (Å²) in [6, 6.07) is 1.08. The first-order valence-corrected chi connectivity index (χ1v) is 7.26. The molecule has 0 aromatic heterocycles. The second-order valence-electron chi connectivity index (χ2n) is 3.11. The number of hydrogen-bond acceptors (Lipinski definition) is 5. The van der Waals surface area contributed by atoms with E-state index in [4.69, 9.17) is 5.26 Å². The first kappa shape index (κ1) is 18.0. The lowest BCUT2D eigenvalue weighted by molar-refractivity contribution is -0.0472. The highest BCUT2D eigenvalue weighted by Gasteiger charge is 2.62. The summed E-state index contributed by atoms with van der Waals surface area (Å²) in [4.78, 5) is 0. The SMILES string of the molecule is N#CCCC(S(=O)(=O)C(F)(F)F)S(=O)(=O)C(F)(F)F. The van der Waals surface area contributed by atoms with Crippen molar-refractivity contribution in [2.24, 2.45) is 0 Å². The Kier molecular flexibility index (Phi) is 4.88. The Hall–Kier alpha value is -1.03. The quantitative estimate of drug-likeness (QED) is 0.727. The van der Waals surface area contributed by atoms with E-state index in [2.05, 4.69) is 0 Å². The van der Waals surface area contributed by atoms with Crippen molar-refractivity contribution in [3.63, 3.8) is 0 Å². The van der Waals surface area contributed by atoms with Crippen LogP contribution in [0.25, 0.3) is 0 Å². The molecule has 0 rings (SSSR count). The molecule has 0 unspecified atom stereocenters. The Bertz CT molecular complexity index is 522. The van der Waals surface area contributed by atoms with Crippen LogP contribution in [0.3, 0.4) is 0 Å². The lowest BCUT2D eigenvalue weighted by atomic mass is 10.4. The summed E-state index contributed by atoms with van der Waals surface area (Å²) in [5, 5.41) is 8.05. The minimum atomic E-state index is -6.61. The van der Waals surface area contributed by atoms with Gasteiger partial charge in [-0.1, -0.05) is 0 Å². The minimum Gasteiger partial charge on any atom is -0.218 e. The Balaban J connectivity index is 5.98. The van der Waals surface area contributed by atoms with E-state index >= 15 is 0 Å². The normalized spacial score (nSPS) is 14.4. The van der Waals surface area contributed by atoms with E-state index in [0.717, 1.165) is 6.07 Å². The van der Waals surface area contributed by atoms with Crippen molar-refractivity contribution in [3.8, 4) is 6.07 Å². The lowest BCUT2D eigenvalue weighted by Crippen LogP contribution is -2.44. The third-order valence-electron chi connectivity index (χ3n) is 1.83. The molecule has 0 aliphatic rings. The molecule has 0 aromatic rings. The van der Waals surface area contributed by atoms with Crippen molar-refractivity contribution in [2.75, 3.05) is 0 Å². The number of nitriles is 1. The van der Waals surface area contributed by atoms with Gasteiger partial charge in [0.25, 0.3) is 19.7 Å². The van der Waals surface area contributed by atoms with Crippen molar-refractivity contribution < 1.29 is 43.2 Å². The van der Waals surface area contributed by atoms with E-state index in [1.807, 2.05) is 0 Å². The zero-order chi connectivity index (χ0) is 15.7. The van der Waals surface area contributed by atoms with Gasteiger partial charge in [0.1, 0.15) is 0 Å². The highest BCUT2D eigenvalue weighted by atomic mass is 32.3. The number of sulfone groups is 2. The molecule has 5 nitrogen and oxygen atoms in total. The fourth-order valence-electron chi connectivity index (χ4n) is 0.958. The molecule has 0 fully saturated rings. The van der Waals surface area contributed by atoms with Crippen LogP contribution in [0.1, 0.15) is 12.8 Å². The van der Waals surface area contributed by atoms with Gasteiger partial charge in [-0.3, -0.25) is 0 Å². The van der Waals surface area contributed by atoms with E-state index in [9.17, 15) is 43.2 Å². The molecule has 0 aliphatic heterocycles. The van der Waals surface area contributed by atoms with E-state index in [0.29, 0.717) is 0 Å². The average Bonchev–Trinajstić information content (AvgIpc) is 2.13. The van der Waals surface area contributed by atoms with Crippen LogP contribution in [0, 0.1) is 11.3 Å². The van der Waals surface area contributed by atoms with Crippen LogP contribution in [0.5, 0.6) is 0 Å². The highest BCUT2D eigenvalue weighted by molar-refractivity contribution is 8.09. The van der Waals surface area contributed by atoms with Crippen LogP contribution in [0.4, 0.5) is 26.3 Å². The maximum atomic E-state index is 12.1. The molecule has 0 amide bonds. The zero-order valence-corrected chi connectivity index (χ0v) is 10.3. The van der Waals surface area contributed by atoms with E-state index in [1.165, 1.54) is 0 Å². The van der Waals surface area contributed by atoms with E-state index < -0.39 is 48.1 Å². The molecule has 0 atom stereocenters. The molecule has 112 valence electrons. The summed E-state index contributed by atoms with van der Waals surface area (Å²) in [6.07, 6.45) is -2.73. The van der Waals surface area contributed by atoms with Gasteiger partial charge >= 0.3 is 11.0 Å². The van der Waals surface area contributed by atoms with Crippen molar-refractivity contribution >= 4 is 19.7 Å². The fraction of sp³-hybridized carbons (Fsp3) is 0.833. The highest BCUT2D eigenvalue weighted by Crippen LogP contribution is 2.37. The van der Waals surface area contributed by atoms with Gasteiger partial charge in [-0.25, -0.2) is 16.8 Å². The molecule has 0 saturated carbocycles. The molecule has 0 aromatic carbocycles. The first-order valence-electron chi connectivity index (χ1n) is 4.17. The maximum Gasteiger partial charge on any atom is 0.498 e. The predicted octanol–water partition coefficient (Wildman–Crippen LogP) is 1.49.